The zero-order valence-electron chi connectivity index (χ0n) is 12.6. The molecule has 4 nitrogen and oxygen atoms in total. The van der Waals surface area contributed by atoms with Crippen molar-refractivity contribution < 1.29 is 0 Å². The Morgan fingerprint density at radius 1 is 1.21 bits per heavy atom. The molecule has 1 saturated heterocycles. The van der Waals surface area contributed by atoms with Crippen LogP contribution in [0.1, 0.15) is 45.4 Å². The number of nitrogens with one attached hydrogen (secondary N) is 2. The molecule has 0 radical (unpaired) electrons. The van der Waals surface area contributed by atoms with Crippen LogP contribution in [0.15, 0.2) is 4.99 Å². The van der Waals surface area contributed by atoms with Crippen LogP contribution in [0.25, 0.3) is 0 Å². The number of likely N-dealkylation sites (tertiary alicyclic amines) is 1. The first-order valence-electron chi connectivity index (χ1n) is 7.97. The first-order chi connectivity index (χ1) is 9.28. The third-order valence-electron chi connectivity index (χ3n) is 4.31. The Hall–Kier alpha value is -0.770. The van der Waals surface area contributed by atoms with E-state index in [9.17, 15) is 0 Å². The molecule has 1 heterocycles. The van der Waals surface area contributed by atoms with Crippen LogP contribution in [-0.4, -0.2) is 50.1 Å². The van der Waals surface area contributed by atoms with Crippen LogP contribution in [0.4, 0.5) is 0 Å². The zero-order valence-corrected chi connectivity index (χ0v) is 12.6. The highest BCUT2D eigenvalue weighted by Gasteiger charge is 2.17. The molecular weight excluding hydrogens is 236 g/mol. The van der Waals surface area contributed by atoms with E-state index in [1.165, 1.54) is 58.2 Å². The number of guanidine groups is 1. The average Bonchev–Trinajstić information content (AvgIpc) is 3.07. The van der Waals surface area contributed by atoms with Gasteiger partial charge >= 0.3 is 0 Å². The Kier molecular flexibility index (Phi) is 5.95. The maximum absolute atomic E-state index is 4.34. The van der Waals surface area contributed by atoms with E-state index in [1.54, 1.807) is 0 Å². The third-order valence-corrected chi connectivity index (χ3v) is 4.31. The van der Waals surface area contributed by atoms with Crippen LogP contribution < -0.4 is 10.6 Å². The molecule has 1 aliphatic carbocycles. The first-order valence-corrected chi connectivity index (χ1v) is 7.97. The fourth-order valence-corrected chi connectivity index (χ4v) is 3.20. The smallest absolute Gasteiger partial charge is 0.191 e. The first kappa shape index (κ1) is 14.6. The van der Waals surface area contributed by atoms with E-state index in [-0.39, 0.29) is 0 Å². The van der Waals surface area contributed by atoms with E-state index in [4.69, 9.17) is 0 Å². The van der Waals surface area contributed by atoms with Crippen molar-refractivity contribution >= 4 is 5.96 Å². The van der Waals surface area contributed by atoms with E-state index in [2.05, 4.69) is 27.4 Å². The summed E-state index contributed by atoms with van der Waals surface area (Å²) in [6.45, 7) is 7.14. The predicted molar refractivity (Wildman–Crippen MR) is 81.6 cm³/mol. The minimum atomic E-state index is 0.639. The lowest BCUT2D eigenvalue weighted by atomic mass is 10.1. The summed E-state index contributed by atoms with van der Waals surface area (Å²) in [5, 5.41) is 7.02. The van der Waals surface area contributed by atoms with Crippen molar-refractivity contribution in [1.29, 1.82) is 0 Å². The molecule has 0 bridgehead atoms. The monoisotopic (exact) mass is 266 g/mol. The zero-order chi connectivity index (χ0) is 13.5. The quantitative estimate of drug-likeness (QED) is 0.589. The largest absolute Gasteiger partial charge is 0.356 e. The molecule has 0 spiro atoms. The molecule has 2 aliphatic rings. The minimum absolute atomic E-state index is 0.639. The second-order valence-electron chi connectivity index (χ2n) is 6.19. The molecule has 2 N–H and O–H groups in total. The van der Waals surface area contributed by atoms with E-state index in [0.717, 1.165) is 12.5 Å². The molecule has 2 fully saturated rings. The molecule has 110 valence electrons. The molecule has 1 aliphatic heterocycles. The molecule has 1 atom stereocenters. The second-order valence-corrected chi connectivity index (χ2v) is 6.19. The summed E-state index contributed by atoms with van der Waals surface area (Å²) in [6.07, 6.45) is 8.07. The van der Waals surface area contributed by atoms with Gasteiger partial charge in [-0.3, -0.25) is 4.99 Å². The predicted octanol–water partition coefficient (Wildman–Crippen LogP) is 1.83. The second kappa shape index (κ2) is 7.73. The van der Waals surface area contributed by atoms with Crippen LogP contribution in [0, 0.1) is 5.92 Å². The Morgan fingerprint density at radius 2 is 1.89 bits per heavy atom. The highest BCUT2D eigenvalue weighted by molar-refractivity contribution is 5.79. The van der Waals surface area contributed by atoms with Crippen molar-refractivity contribution in [2.75, 3.05) is 33.2 Å². The molecule has 1 unspecified atom stereocenters. The van der Waals surface area contributed by atoms with Gasteiger partial charge in [0.1, 0.15) is 0 Å². The molecule has 0 aromatic rings. The Balaban J connectivity index is 1.64. The molecule has 1 saturated carbocycles. The fraction of sp³-hybridized carbons (Fsp3) is 0.933. The van der Waals surface area contributed by atoms with Crippen molar-refractivity contribution in [2.24, 2.45) is 10.9 Å². The van der Waals surface area contributed by atoms with Crippen LogP contribution in [0.3, 0.4) is 0 Å². The van der Waals surface area contributed by atoms with Crippen molar-refractivity contribution in [1.82, 2.24) is 15.5 Å². The normalized spacial score (nSPS) is 23.8. The van der Waals surface area contributed by atoms with Gasteiger partial charge in [-0.1, -0.05) is 19.8 Å². The number of hydrogen-bond donors (Lipinski definition) is 2. The third kappa shape index (κ3) is 5.01. The number of aliphatic imine (C=N–C) groups is 1. The lowest BCUT2D eigenvalue weighted by Crippen LogP contribution is -2.44. The van der Waals surface area contributed by atoms with E-state index in [1.807, 2.05) is 7.05 Å². The molecule has 0 amide bonds. The van der Waals surface area contributed by atoms with Crippen LogP contribution >= 0.6 is 0 Å². The summed E-state index contributed by atoms with van der Waals surface area (Å²) in [5.41, 5.74) is 0. The van der Waals surface area contributed by atoms with Gasteiger partial charge in [-0.2, -0.15) is 0 Å². The van der Waals surface area contributed by atoms with E-state index in [0.29, 0.717) is 12.0 Å². The van der Waals surface area contributed by atoms with Crippen molar-refractivity contribution in [3.8, 4) is 0 Å². The number of hydrogen-bond acceptors (Lipinski definition) is 2. The summed E-state index contributed by atoms with van der Waals surface area (Å²) in [4.78, 5) is 6.92. The standard InChI is InChI=1S/C15H30N4/c1-13(12-19-9-5-6-10-19)11-17-15(16-2)18-14-7-3-4-8-14/h13-14H,3-12H2,1-2H3,(H2,16,17,18). The summed E-state index contributed by atoms with van der Waals surface area (Å²) < 4.78 is 0. The highest BCUT2D eigenvalue weighted by Crippen LogP contribution is 2.17. The van der Waals surface area contributed by atoms with Crippen LogP contribution in [-0.2, 0) is 0 Å². The van der Waals surface area contributed by atoms with Crippen molar-refractivity contribution in [3.05, 3.63) is 0 Å². The maximum atomic E-state index is 4.34. The summed E-state index contributed by atoms with van der Waals surface area (Å²) in [6, 6.07) is 0.639. The van der Waals surface area contributed by atoms with Gasteiger partial charge < -0.3 is 15.5 Å². The van der Waals surface area contributed by atoms with Crippen LogP contribution in [0.2, 0.25) is 0 Å². The SMILES string of the molecule is CN=C(NCC(C)CN1CCCC1)NC1CCCC1. The summed E-state index contributed by atoms with van der Waals surface area (Å²) in [7, 11) is 1.87. The van der Waals surface area contributed by atoms with E-state index < -0.39 is 0 Å². The fourth-order valence-electron chi connectivity index (χ4n) is 3.20. The molecule has 19 heavy (non-hydrogen) atoms. The number of nitrogens with zero attached hydrogens (tertiary/aromatic N) is 2. The van der Waals surface area contributed by atoms with Gasteiger partial charge in [-0.25, -0.2) is 0 Å². The lowest BCUT2D eigenvalue weighted by molar-refractivity contribution is 0.287. The molecule has 0 aromatic heterocycles. The summed E-state index contributed by atoms with van der Waals surface area (Å²) >= 11 is 0. The topological polar surface area (TPSA) is 39.7 Å². The van der Waals surface area contributed by atoms with Gasteiger partial charge in [0.05, 0.1) is 0 Å². The van der Waals surface area contributed by atoms with Crippen LogP contribution in [0.5, 0.6) is 0 Å². The number of rotatable bonds is 5. The Labute approximate surface area is 118 Å². The molecule has 2 rings (SSSR count). The molecular formula is C15H30N4. The molecule has 0 aromatic carbocycles. The molecule has 4 heteroatoms. The van der Waals surface area contributed by atoms with Crippen molar-refractivity contribution in [3.63, 3.8) is 0 Å². The minimum Gasteiger partial charge on any atom is -0.356 e. The highest BCUT2D eigenvalue weighted by atomic mass is 15.2. The van der Waals surface area contributed by atoms with Gasteiger partial charge in [-0.15, -0.1) is 0 Å². The van der Waals surface area contributed by atoms with E-state index >= 15 is 0 Å². The average molecular weight is 266 g/mol. The van der Waals surface area contributed by atoms with Gasteiger partial charge in [-0.05, 0) is 44.7 Å². The van der Waals surface area contributed by atoms with Gasteiger partial charge in [0.25, 0.3) is 0 Å². The van der Waals surface area contributed by atoms with Gasteiger partial charge in [0.15, 0.2) is 5.96 Å². The van der Waals surface area contributed by atoms with Crippen molar-refractivity contribution in [2.45, 2.75) is 51.5 Å². The van der Waals surface area contributed by atoms with Gasteiger partial charge in [0, 0.05) is 26.2 Å². The Morgan fingerprint density at radius 3 is 2.53 bits per heavy atom. The lowest BCUT2D eigenvalue weighted by Gasteiger charge is -2.22. The maximum Gasteiger partial charge on any atom is 0.191 e. The van der Waals surface area contributed by atoms with Gasteiger partial charge in [0.2, 0.25) is 0 Å². The summed E-state index contributed by atoms with van der Waals surface area (Å²) in [5.74, 6) is 1.67. The Bertz CT molecular complexity index is 278.